The van der Waals surface area contributed by atoms with Gasteiger partial charge in [-0.1, -0.05) is 42.5 Å². The molecule has 0 aromatic heterocycles. The number of carbonyl (C=O) groups is 2. The molecule has 0 aliphatic carbocycles. The number of hydrogen-bond acceptors (Lipinski definition) is 4. The van der Waals surface area contributed by atoms with Gasteiger partial charge in [0.1, 0.15) is 17.9 Å². The Morgan fingerprint density at radius 2 is 1.83 bits per heavy atom. The molecule has 0 bridgehead atoms. The Labute approximate surface area is 171 Å². The fraction of sp³-hybridized carbons (Fsp3) is 0.391. The van der Waals surface area contributed by atoms with Crippen LogP contribution in [0.5, 0.6) is 5.75 Å². The predicted molar refractivity (Wildman–Crippen MR) is 108 cm³/mol. The van der Waals surface area contributed by atoms with Crippen molar-refractivity contribution in [2.24, 2.45) is 0 Å². The maximum atomic E-state index is 13.1. The standard InChI is InChI=1S/C23H26N2O4/c1-17-12-13-23(25(17)22(27)29-15-19-6-4-3-5-7-19)16-24(21(23)26)14-18-8-10-20(28-2)11-9-18/h3-11,17H,12-16H2,1-2H3. The molecule has 0 saturated carbocycles. The van der Waals surface area contributed by atoms with Crippen molar-refractivity contribution in [1.82, 2.24) is 9.80 Å². The lowest BCUT2D eigenvalue weighted by Gasteiger charge is -2.51. The summed E-state index contributed by atoms with van der Waals surface area (Å²) < 4.78 is 10.7. The summed E-state index contributed by atoms with van der Waals surface area (Å²) in [6.07, 6.45) is 1.09. The van der Waals surface area contributed by atoms with Crippen molar-refractivity contribution in [3.63, 3.8) is 0 Å². The fourth-order valence-corrected chi connectivity index (χ4v) is 4.37. The molecule has 2 aliphatic rings. The SMILES string of the molecule is COc1ccc(CN2CC3(CCC(C)N3C(=O)OCc3ccccc3)C2=O)cc1. The summed E-state index contributed by atoms with van der Waals surface area (Å²) in [4.78, 5) is 29.4. The smallest absolute Gasteiger partial charge is 0.411 e. The number of ether oxygens (including phenoxy) is 2. The second kappa shape index (κ2) is 7.78. The number of rotatable bonds is 5. The molecule has 29 heavy (non-hydrogen) atoms. The topological polar surface area (TPSA) is 59.1 Å². The monoisotopic (exact) mass is 394 g/mol. The number of nitrogens with zero attached hydrogens (tertiary/aromatic N) is 2. The first-order valence-corrected chi connectivity index (χ1v) is 9.96. The van der Waals surface area contributed by atoms with E-state index in [1.165, 1.54) is 0 Å². The molecular formula is C23H26N2O4. The summed E-state index contributed by atoms with van der Waals surface area (Å²) in [5, 5.41) is 0. The number of β-lactam (4-membered cyclic amide) rings is 1. The third-order valence-corrected chi connectivity index (χ3v) is 5.95. The van der Waals surface area contributed by atoms with E-state index in [0.717, 1.165) is 23.3 Å². The first-order valence-electron chi connectivity index (χ1n) is 9.96. The largest absolute Gasteiger partial charge is 0.497 e. The first kappa shape index (κ1) is 19.3. The zero-order valence-corrected chi connectivity index (χ0v) is 16.8. The van der Waals surface area contributed by atoms with Gasteiger partial charge in [-0.15, -0.1) is 0 Å². The van der Waals surface area contributed by atoms with E-state index in [-0.39, 0.29) is 18.6 Å². The highest BCUT2D eigenvalue weighted by atomic mass is 16.6. The van der Waals surface area contributed by atoms with Crippen LogP contribution in [-0.4, -0.2) is 47.0 Å². The molecule has 4 rings (SSSR count). The number of hydrogen-bond donors (Lipinski definition) is 0. The molecule has 1 spiro atoms. The first-order chi connectivity index (χ1) is 14.0. The zero-order valence-electron chi connectivity index (χ0n) is 16.8. The van der Waals surface area contributed by atoms with Crippen molar-refractivity contribution in [2.45, 2.75) is 44.5 Å². The van der Waals surface area contributed by atoms with Gasteiger partial charge in [-0.2, -0.15) is 0 Å². The molecule has 2 atom stereocenters. The van der Waals surface area contributed by atoms with Crippen LogP contribution in [0, 0.1) is 0 Å². The van der Waals surface area contributed by atoms with E-state index < -0.39 is 11.6 Å². The highest BCUT2D eigenvalue weighted by Gasteiger charge is 2.62. The normalized spacial score (nSPS) is 23.2. The number of amides is 2. The molecule has 2 aliphatic heterocycles. The number of likely N-dealkylation sites (tertiary alicyclic amines) is 2. The minimum absolute atomic E-state index is 0.00864. The van der Waals surface area contributed by atoms with E-state index in [0.29, 0.717) is 19.5 Å². The summed E-state index contributed by atoms with van der Waals surface area (Å²) in [6.45, 7) is 3.27. The van der Waals surface area contributed by atoms with E-state index in [9.17, 15) is 9.59 Å². The highest BCUT2D eigenvalue weighted by molar-refractivity contribution is 5.96. The number of carbonyl (C=O) groups excluding carboxylic acids is 2. The van der Waals surface area contributed by atoms with E-state index in [2.05, 4.69) is 0 Å². The van der Waals surface area contributed by atoms with Gasteiger partial charge in [0.05, 0.1) is 13.7 Å². The van der Waals surface area contributed by atoms with Crippen LogP contribution in [0.25, 0.3) is 0 Å². The summed E-state index contributed by atoms with van der Waals surface area (Å²) in [7, 11) is 1.63. The predicted octanol–water partition coefficient (Wildman–Crippen LogP) is 3.60. The number of benzene rings is 2. The van der Waals surface area contributed by atoms with Crippen LogP contribution < -0.4 is 4.74 Å². The van der Waals surface area contributed by atoms with Gasteiger partial charge in [0.15, 0.2) is 0 Å². The molecule has 2 heterocycles. The summed E-state index contributed by atoms with van der Waals surface area (Å²) in [5.74, 6) is 0.798. The lowest BCUT2D eigenvalue weighted by Crippen LogP contribution is -2.73. The van der Waals surface area contributed by atoms with Gasteiger partial charge in [-0.25, -0.2) is 4.79 Å². The van der Waals surface area contributed by atoms with Gasteiger partial charge in [0.2, 0.25) is 0 Å². The van der Waals surface area contributed by atoms with Crippen LogP contribution in [0.1, 0.15) is 30.9 Å². The maximum Gasteiger partial charge on any atom is 0.411 e. The van der Waals surface area contributed by atoms with Gasteiger partial charge in [0, 0.05) is 12.6 Å². The average molecular weight is 394 g/mol. The Hall–Kier alpha value is -3.02. The van der Waals surface area contributed by atoms with E-state index >= 15 is 0 Å². The molecule has 6 nitrogen and oxygen atoms in total. The molecule has 2 saturated heterocycles. The molecule has 0 N–H and O–H groups in total. The van der Waals surface area contributed by atoms with Crippen LogP contribution in [-0.2, 0) is 22.7 Å². The highest BCUT2D eigenvalue weighted by Crippen LogP contribution is 2.43. The van der Waals surface area contributed by atoms with Crippen molar-refractivity contribution in [3.05, 3.63) is 65.7 Å². The summed E-state index contributed by atoms with van der Waals surface area (Å²) in [5.41, 5.74) is 1.22. The van der Waals surface area contributed by atoms with Crippen molar-refractivity contribution in [2.75, 3.05) is 13.7 Å². The molecule has 152 valence electrons. The van der Waals surface area contributed by atoms with E-state index in [4.69, 9.17) is 9.47 Å². The summed E-state index contributed by atoms with van der Waals surface area (Å²) in [6, 6.07) is 17.3. The molecular weight excluding hydrogens is 368 g/mol. The Bertz CT molecular complexity index is 884. The Balaban J connectivity index is 1.41. The fourth-order valence-electron chi connectivity index (χ4n) is 4.37. The van der Waals surface area contributed by atoms with Gasteiger partial charge < -0.3 is 14.4 Å². The second-order valence-electron chi connectivity index (χ2n) is 7.84. The molecule has 2 amide bonds. The molecule has 0 radical (unpaired) electrons. The third kappa shape index (κ3) is 3.55. The van der Waals surface area contributed by atoms with Gasteiger partial charge in [-0.3, -0.25) is 9.69 Å². The van der Waals surface area contributed by atoms with Crippen molar-refractivity contribution in [1.29, 1.82) is 0 Å². The van der Waals surface area contributed by atoms with E-state index in [1.807, 2.05) is 61.5 Å². The van der Waals surface area contributed by atoms with Gasteiger partial charge >= 0.3 is 6.09 Å². The Morgan fingerprint density at radius 1 is 1.10 bits per heavy atom. The molecule has 2 aromatic carbocycles. The van der Waals surface area contributed by atoms with Gasteiger partial charge in [-0.05, 0) is 43.0 Å². The van der Waals surface area contributed by atoms with Crippen molar-refractivity contribution >= 4 is 12.0 Å². The number of methoxy groups -OCH3 is 1. The molecule has 6 heteroatoms. The van der Waals surface area contributed by atoms with Crippen molar-refractivity contribution < 1.29 is 19.1 Å². The quantitative estimate of drug-likeness (QED) is 0.727. The Morgan fingerprint density at radius 3 is 2.48 bits per heavy atom. The maximum absolute atomic E-state index is 13.1. The van der Waals surface area contributed by atoms with Crippen molar-refractivity contribution in [3.8, 4) is 5.75 Å². The zero-order chi connectivity index (χ0) is 20.4. The van der Waals surface area contributed by atoms with Gasteiger partial charge in [0.25, 0.3) is 5.91 Å². The van der Waals surface area contributed by atoms with Crippen LogP contribution in [0.4, 0.5) is 4.79 Å². The van der Waals surface area contributed by atoms with E-state index in [1.54, 1.807) is 16.9 Å². The van der Waals surface area contributed by atoms with Crippen LogP contribution in [0.2, 0.25) is 0 Å². The summed E-state index contributed by atoms with van der Waals surface area (Å²) >= 11 is 0. The lowest BCUT2D eigenvalue weighted by molar-refractivity contribution is -0.162. The Kier molecular flexibility index (Phi) is 5.18. The van der Waals surface area contributed by atoms with Crippen LogP contribution >= 0.6 is 0 Å². The minimum atomic E-state index is -0.750. The van der Waals surface area contributed by atoms with Crippen LogP contribution in [0.3, 0.4) is 0 Å². The molecule has 2 unspecified atom stereocenters. The average Bonchev–Trinajstić information content (AvgIpc) is 3.11. The molecule has 2 fully saturated rings. The minimum Gasteiger partial charge on any atom is -0.497 e. The third-order valence-electron chi connectivity index (χ3n) is 5.95. The molecule has 2 aromatic rings. The van der Waals surface area contributed by atoms with Crippen LogP contribution in [0.15, 0.2) is 54.6 Å². The lowest BCUT2D eigenvalue weighted by atomic mass is 9.85. The second-order valence-corrected chi connectivity index (χ2v) is 7.84.